The van der Waals surface area contributed by atoms with Crippen LogP contribution in [0.1, 0.15) is 16.8 Å². The van der Waals surface area contributed by atoms with Crippen molar-refractivity contribution in [2.45, 2.75) is 6.42 Å². The Bertz CT molecular complexity index is 374. The molecule has 0 radical (unpaired) electrons. The number of aromatic carboxylic acids is 1. The van der Waals surface area contributed by atoms with E-state index in [0.717, 1.165) is 13.0 Å². The van der Waals surface area contributed by atoms with Crippen molar-refractivity contribution in [3.05, 3.63) is 23.9 Å². The molecule has 1 N–H and O–H groups in total. The van der Waals surface area contributed by atoms with Crippen molar-refractivity contribution in [1.82, 2.24) is 4.98 Å². The van der Waals surface area contributed by atoms with Crippen molar-refractivity contribution >= 4 is 5.97 Å². The van der Waals surface area contributed by atoms with Gasteiger partial charge in [0.05, 0.1) is 13.2 Å². The Morgan fingerprint density at radius 1 is 1.69 bits per heavy atom. The van der Waals surface area contributed by atoms with E-state index < -0.39 is 5.97 Å². The summed E-state index contributed by atoms with van der Waals surface area (Å²) in [6.07, 6.45) is 2.47. The molecular formula is C11H13NO4. The first kappa shape index (κ1) is 10.9. The molecule has 1 aliphatic heterocycles. The van der Waals surface area contributed by atoms with E-state index in [9.17, 15) is 4.79 Å². The first-order valence-corrected chi connectivity index (χ1v) is 5.16. The highest BCUT2D eigenvalue weighted by Crippen LogP contribution is 2.18. The first-order valence-electron chi connectivity index (χ1n) is 5.16. The van der Waals surface area contributed by atoms with Gasteiger partial charge in [0.1, 0.15) is 5.56 Å². The van der Waals surface area contributed by atoms with E-state index >= 15 is 0 Å². The molecule has 1 saturated heterocycles. The summed E-state index contributed by atoms with van der Waals surface area (Å²) < 4.78 is 10.6. The monoisotopic (exact) mass is 223 g/mol. The van der Waals surface area contributed by atoms with Crippen molar-refractivity contribution in [2.24, 2.45) is 5.92 Å². The molecule has 0 bridgehead atoms. The van der Waals surface area contributed by atoms with Crippen LogP contribution in [-0.4, -0.2) is 35.9 Å². The van der Waals surface area contributed by atoms with Crippen LogP contribution in [0, 0.1) is 5.92 Å². The summed E-state index contributed by atoms with van der Waals surface area (Å²) in [5.41, 5.74) is 0.0985. The van der Waals surface area contributed by atoms with Crippen molar-refractivity contribution in [3.8, 4) is 5.88 Å². The van der Waals surface area contributed by atoms with Crippen molar-refractivity contribution in [1.29, 1.82) is 0 Å². The third-order valence-corrected chi connectivity index (χ3v) is 2.48. The fraction of sp³-hybridized carbons (Fsp3) is 0.455. The van der Waals surface area contributed by atoms with Crippen molar-refractivity contribution < 1.29 is 19.4 Å². The summed E-state index contributed by atoms with van der Waals surface area (Å²) in [6, 6.07) is 3.06. The molecule has 0 saturated carbocycles. The van der Waals surface area contributed by atoms with Gasteiger partial charge in [-0.1, -0.05) is 0 Å². The summed E-state index contributed by atoms with van der Waals surface area (Å²) in [5, 5.41) is 8.91. The summed E-state index contributed by atoms with van der Waals surface area (Å²) in [4.78, 5) is 14.8. The Kier molecular flexibility index (Phi) is 3.36. The van der Waals surface area contributed by atoms with Gasteiger partial charge in [0, 0.05) is 18.7 Å². The lowest BCUT2D eigenvalue weighted by Crippen LogP contribution is -2.14. The fourth-order valence-corrected chi connectivity index (χ4v) is 1.58. The third kappa shape index (κ3) is 2.49. The highest BCUT2D eigenvalue weighted by Gasteiger charge is 2.18. The van der Waals surface area contributed by atoms with Gasteiger partial charge in [0.25, 0.3) is 0 Å². The van der Waals surface area contributed by atoms with E-state index in [0.29, 0.717) is 19.1 Å². The summed E-state index contributed by atoms with van der Waals surface area (Å²) >= 11 is 0. The number of aromatic nitrogens is 1. The highest BCUT2D eigenvalue weighted by atomic mass is 16.5. The maximum absolute atomic E-state index is 10.9. The maximum Gasteiger partial charge on any atom is 0.341 e. The molecule has 0 aliphatic carbocycles. The first-order chi connectivity index (χ1) is 7.77. The van der Waals surface area contributed by atoms with E-state index in [2.05, 4.69) is 4.98 Å². The Morgan fingerprint density at radius 3 is 3.25 bits per heavy atom. The van der Waals surface area contributed by atoms with Crippen molar-refractivity contribution in [2.75, 3.05) is 19.8 Å². The van der Waals surface area contributed by atoms with Gasteiger partial charge in [0.15, 0.2) is 0 Å². The second-order valence-electron chi connectivity index (χ2n) is 3.70. The number of rotatable bonds is 4. The number of carboxylic acid groups (broad SMARTS) is 1. The van der Waals surface area contributed by atoms with E-state index in [1.165, 1.54) is 12.3 Å². The molecule has 2 rings (SSSR count). The minimum Gasteiger partial charge on any atom is -0.477 e. The van der Waals surface area contributed by atoms with Crippen LogP contribution in [0.25, 0.3) is 0 Å². The molecule has 16 heavy (non-hydrogen) atoms. The Balaban J connectivity index is 2.00. The zero-order valence-corrected chi connectivity index (χ0v) is 8.76. The summed E-state index contributed by atoms with van der Waals surface area (Å²) in [6.45, 7) is 1.88. The van der Waals surface area contributed by atoms with E-state index in [4.69, 9.17) is 14.6 Å². The van der Waals surface area contributed by atoms with Crippen LogP contribution in [0.3, 0.4) is 0 Å². The van der Waals surface area contributed by atoms with Crippen LogP contribution in [0.15, 0.2) is 18.3 Å². The SMILES string of the molecule is O=C(O)c1cccnc1OCC1CCOC1. The van der Waals surface area contributed by atoms with E-state index in [1.54, 1.807) is 6.07 Å². The lowest BCUT2D eigenvalue weighted by Gasteiger charge is -2.10. The molecule has 0 amide bonds. The van der Waals surface area contributed by atoms with Gasteiger partial charge < -0.3 is 14.6 Å². The highest BCUT2D eigenvalue weighted by molar-refractivity contribution is 5.90. The van der Waals surface area contributed by atoms with E-state index in [-0.39, 0.29) is 11.4 Å². The third-order valence-electron chi connectivity index (χ3n) is 2.48. The lowest BCUT2D eigenvalue weighted by atomic mass is 10.1. The average molecular weight is 223 g/mol. The van der Waals surface area contributed by atoms with Crippen LogP contribution in [0.2, 0.25) is 0 Å². The number of carboxylic acids is 1. The van der Waals surface area contributed by atoms with Crippen LogP contribution >= 0.6 is 0 Å². The maximum atomic E-state index is 10.9. The molecule has 5 nitrogen and oxygen atoms in total. The molecule has 0 aromatic carbocycles. The van der Waals surface area contributed by atoms with Crippen LogP contribution in [-0.2, 0) is 4.74 Å². The standard InChI is InChI=1S/C11H13NO4/c13-11(14)9-2-1-4-12-10(9)16-7-8-3-5-15-6-8/h1-2,4,8H,3,5-7H2,(H,13,14). The number of ether oxygens (including phenoxy) is 2. The number of hydrogen-bond acceptors (Lipinski definition) is 4. The molecule has 1 unspecified atom stereocenters. The van der Waals surface area contributed by atoms with Gasteiger partial charge in [-0.25, -0.2) is 9.78 Å². The lowest BCUT2D eigenvalue weighted by molar-refractivity contribution is 0.0689. The molecule has 0 spiro atoms. The topological polar surface area (TPSA) is 68.7 Å². The molecule has 1 fully saturated rings. The van der Waals surface area contributed by atoms with E-state index in [1.807, 2.05) is 0 Å². The molecular weight excluding hydrogens is 210 g/mol. The summed E-state index contributed by atoms with van der Waals surface area (Å²) in [5.74, 6) is -0.503. The number of nitrogens with zero attached hydrogens (tertiary/aromatic N) is 1. The van der Waals surface area contributed by atoms with Crippen LogP contribution in [0.5, 0.6) is 5.88 Å². The predicted molar refractivity (Wildman–Crippen MR) is 55.6 cm³/mol. The predicted octanol–water partition coefficient (Wildman–Crippen LogP) is 1.20. The normalized spacial score (nSPS) is 19.6. The molecule has 5 heteroatoms. The number of hydrogen-bond donors (Lipinski definition) is 1. The largest absolute Gasteiger partial charge is 0.477 e. The van der Waals surface area contributed by atoms with Gasteiger partial charge >= 0.3 is 5.97 Å². The molecule has 1 aliphatic rings. The summed E-state index contributed by atoms with van der Waals surface area (Å²) in [7, 11) is 0. The van der Waals surface area contributed by atoms with Gasteiger partial charge in [0.2, 0.25) is 5.88 Å². The zero-order valence-electron chi connectivity index (χ0n) is 8.76. The number of pyridine rings is 1. The van der Waals surface area contributed by atoms with Gasteiger partial charge in [-0.05, 0) is 18.6 Å². The molecule has 1 aromatic heterocycles. The Hall–Kier alpha value is -1.62. The Labute approximate surface area is 93.0 Å². The quantitative estimate of drug-likeness (QED) is 0.830. The van der Waals surface area contributed by atoms with Crippen molar-refractivity contribution in [3.63, 3.8) is 0 Å². The van der Waals surface area contributed by atoms with Crippen LogP contribution < -0.4 is 4.74 Å². The minimum absolute atomic E-state index is 0.0985. The van der Waals surface area contributed by atoms with Gasteiger partial charge in [-0.3, -0.25) is 0 Å². The second-order valence-corrected chi connectivity index (χ2v) is 3.70. The molecule has 1 atom stereocenters. The molecule has 86 valence electrons. The number of carbonyl (C=O) groups is 1. The zero-order chi connectivity index (χ0) is 11.4. The van der Waals surface area contributed by atoms with Crippen LogP contribution in [0.4, 0.5) is 0 Å². The smallest absolute Gasteiger partial charge is 0.341 e. The van der Waals surface area contributed by atoms with Gasteiger partial charge in [-0.15, -0.1) is 0 Å². The minimum atomic E-state index is -1.02. The van der Waals surface area contributed by atoms with Gasteiger partial charge in [-0.2, -0.15) is 0 Å². The Morgan fingerprint density at radius 2 is 2.56 bits per heavy atom. The average Bonchev–Trinajstić information content (AvgIpc) is 2.79. The molecule has 2 heterocycles. The molecule has 1 aromatic rings. The second kappa shape index (κ2) is 4.94. The fourth-order valence-electron chi connectivity index (χ4n) is 1.58.